The van der Waals surface area contributed by atoms with E-state index in [1.165, 1.54) is 23.1 Å². The van der Waals surface area contributed by atoms with Gasteiger partial charge in [0.05, 0.1) is 22.7 Å². The summed E-state index contributed by atoms with van der Waals surface area (Å²) >= 11 is 0.975. The van der Waals surface area contributed by atoms with Gasteiger partial charge in [0.25, 0.3) is 16.8 Å². The van der Waals surface area contributed by atoms with E-state index < -0.39 is 10.8 Å². The smallest absolute Gasteiger partial charge is 0.289 e. The van der Waals surface area contributed by atoms with E-state index in [0.717, 1.165) is 17.3 Å². The summed E-state index contributed by atoms with van der Waals surface area (Å²) in [5, 5.41) is 20.3. The average molecular weight is 411 g/mol. The first-order chi connectivity index (χ1) is 13.9. The van der Waals surface area contributed by atoms with Crippen molar-refractivity contribution in [3.63, 3.8) is 0 Å². The Morgan fingerprint density at radius 1 is 1.24 bits per heavy atom. The van der Waals surface area contributed by atoms with Gasteiger partial charge in [0.1, 0.15) is 0 Å². The minimum absolute atomic E-state index is 0.0399. The van der Waals surface area contributed by atoms with Crippen molar-refractivity contribution in [2.45, 2.75) is 6.54 Å². The molecule has 4 rings (SSSR count). The van der Waals surface area contributed by atoms with E-state index in [2.05, 4.69) is 15.5 Å². The van der Waals surface area contributed by atoms with Crippen LogP contribution in [0.25, 0.3) is 10.9 Å². The van der Waals surface area contributed by atoms with Gasteiger partial charge in [-0.3, -0.25) is 34.5 Å². The minimum atomic E-state index is -0.540. The van der Waals surface area contributed by atoms with Crippen molar-refractivity contribution < 1.29 is 19.3 Å². The second kappa shape index (κ2) is 7.36. The summed E-state index contributed by atoms with van der Waals surface area (Å²) in [6.07, 6.45) is 0. The number of nitrogens with zero attached hydrogens (tertiary/aromatic N) is 3. The summed E-state index contributed by atoms with van der Waals surface area (Å²) in [4.78, 5) is 47.5. The number of nitrogens with one attached hydrogen (secondary N) is 2. The van der Waals surface area contributed by atoms with Crippen molar-refractivity contribution in [2.75, 3.05) is 11.1 Å². The number of carbonyl (C=O) groups excluding carboxylic acids is 3. The number of imide groups is 1. The number of carbonyl (C=O) groups is 3. The van der Waals surface area contributed by atoms with E-state index in [0.29, 0.717) is 16.6 Å². The summed E-state index contributed by atoms with van der Waals surface area (Å²) < 4.78 is 0. The van der Waals surface area contributed by atoms with Gasteiger partial charge < -0.3 is 5.32 Å². The lowest BCUT2D eigenvalue weighted by Crippen LogP contribution is -2.27. The zero-order valence-corrected chi connectivity index (χ0v) is 15.6. The fourth-order valence-corrected chi connectivity index (χ4v) is 3.61. The third-order valence-corrected chi connectivity index (χ3v) is 5.22. The highest BCUT2D eigenvalue weighted by molar-refractivity contribution is 8.14. The molecule has 1 aromatic heterocycles. The highest BCUT2D eigenvalue weighted by Gasteiger charge is 2.29. The summed E-state index contributed by atoms with van der Waals surface area (Å²) in [6, 6.07) is 10.8. The Labute approximate surface area is 167 Å². The van der Waals surface area contributed by atoms with E-state index >= 15 is 0 Å². The molecular weight excluding hydrogens is 398 g/mol. The van der Waals surface area contributed by atoms with Gasteiger partial charge in [-0.15, -0.1) is 0 Å². The number of non-ortho nitro benzene ring substituents is 1. The molecule has 0 radical (unpaired) electrons. The van der Waals surface area contributed by atoms with Crippen LogP contribution < -0.4 is 5.32 Å². The number of anilines is 1. The van der Waals surface area contributed by atoms with Crippen LogP contribution in [0.2, 0.25) is 0 Å². The lowest BCUT2D eigenvalue weighted by Gasteiger charge is -2.13. The van der Waals surface area contributed by atoms with Crippen molar-refractivity contribution in [1.29, 1.82) is 0 Å². The molecule has 3 amide bonds. The van der Waals surface area contributed by atoms with Crippen LogP contribution in [0, 0.1) is 10.1 Å². The van der Waals surface area contributed by atoms with E-state index in [-0.39, 0.29) is 34.8 Å². The first kappa shape index (κ1) is 18.6. The molecule has 1 aliphatic heterocycles. The van der Waals surface area contributed by atoms with Crippen LogP contribution in [0.15, 0.2) is 42.5 Å². The Kier molecular flexibility index (Phi) is 4.72. The van der Waals surface area contributed by atoms with Crippen LogP contribution in [0.1, 0.15) is 16.1 Å². The van der Waals surface area contributed by atoms with Crippen molar-refractivity contribution in [2.24, 2.45) is 0 Å². The van der Waals surface area contributed by atoms with E-state index in [4.69, 9.17) is 0 Å². The lowest BCUT2D eigenvalue weighted by atomic mass is 10.1. The molecule has 0 bridgehead atoms. The first-order valence-corrected chi connectivity index (χ1v) is 9.41. The number of nitro groups is 1. The van der Waals surface area contributed by atoms with E-state index in [1.54, 1.807) is 24.3 Å². The number of thioether (sulfide) groups is 1. The van der Waals surface area contributed by atoms with Crippen molar-refractivity contribution in [1.82, 2.24) is 15.1 Å². The zero-order valence-electron chi connectivity index (χ0n) is 14.7. The standard InChI is InChI=1S/C18H13N5O5S/c24-15-9-29-18(26)22(15)8-10-1-3-11(4-2-10)19-17(25)16-13-7-12(23(27)28)5-6-14(13)20-21-16/h1-7H,8-9H2,(H,19,25)(H,20,21). The van der Waals surface area contributed by atoms with Crippen LogP contribution in [0.3, 0.4) is 0 Å². The molecule has 1 fully saturated rings. The number of nitro benzene ring substituents is 1. The number of hydrogen-bond acceptors (Lipinski definition) is 7. The molecule has 0 unspecified atom stereocenters. The Balaban J connectivity index is 1.49. The molecule has 0 atom stereocenters. The molecule has 29 heavy (non-hydrogen) atoms. The number of fused-ring (bicyclic) bond motifs is 1. The van der Waals surface area contributed by atoms with Crippen molar-refractivity contribution in [3.05, 3.63) is 63.8 Å². The number of rotatable bonds is 5. The SMILES string of the molecule is O=C(Nc1ccc(CN2C(=O)CSC2=O)cc1)c1n[nH]c2ccc([N+](=O)[O-])cc12. The van der Waals surface area contributed by atoms with Gasteiger partial charge in [-0.05, 0) is 23.8 Å². The first-order valence-electron chi connectivity index (χ1n) is 8.42. The molecule has 0 saturated carbocycles. The molecule has 2 N–H and O–H groups in total. The van der Waals surface area contributed by atoms with E-state index in [9.17, 15) is 24.5 Å². The van der Waals surface area contributed by atoms with Gasteiger partial charge >= 0.3 is 0 Å². The summed E-state index contributed by atoms with van der Waals surface area (Å²) in [6.45, 7) is 0.173. The van der Waals surface area contributed by atoms with Crippen LogP contribution in [0.5, 0.6) is 0 Å². The lowest BCUT2D eigenvalue weighted by molar-refractivity contribution is -0.384. The quantitative estimate of drug-likeness (QED) is 0.486. The largest absolute Gasteiger partial charge is 0.321 e. The van der Waals surface area contributed by atoms with Gasteiger partial charge in [0, 0.05) is 23.2 Å². The monoisotopic (exact) mass is 411 g/mol. The van der Waals surface area contributed by atoms with Gasteiger partial charge in [-0.25, -0.2) is 0 Å². The van der Waals surface area contributed by atoms with Crippen LogP contribution in [-0.2, 0) is 11.3 Å². The topological polar surface area (TPSA) is 138 Å². The number of benzene rings is 2. The number of aromatic amines is 1. The Bertz CT molecular complexity index is 1140. The maximum absolute atomic E-state index is 12.6. The maximum atomic E-state index is 12.6. The normalized spacial score (nSPS) is 13.9. The summed E-state index contributed by atoms with van der Waals surface area (Å²) in [5.41, 5.74) is 1.63. The molecule has 3 aromatic rings. The molecule has 1 saturated heterocycles. The molecular formula is C18H13N5O5S. The Morgan fingerprint density at radius 2 is 2.00 bits per heavy atom. The highest BCUT2D eigenvalue weighted by atomic mass is 32.2. The number of amides is 3. The molecule has 146 valence electrons. The second-order valence-electron chi connectivity index (χ2n) is 6.24. The molecule has 2 heterocycles. The van der Waals surface area contributed by atoms with Crippen molar-refractivity contribution in [3.8, 4) is 0 Å². The molecule has 0 aliphatic carbocycles. The Hall–Kier alpha value is -3.73. The fraction of sp³-hybridized carbons (Fsp3) is 0.111. The minimum Gasteiger partial charge on any atom is -0.321 e. The van der Waals surface area contributed by atoms with Crippen LogP contribution in [0.4, 0.5) is 16.2 Å². The predicted molar refractivity (Wildman–Crippen MR) is 106 cm³/mol. The van der Waals surface area contributed by atoms with Crippen LogP contribution >= 0.6 is 11.8 Å². The molecule has 11 heteroatoms. The van der Waals surface area contributed by atoms with Gasteiger partial charge in [-0.1, -0.05) is 23.9 Å². The molecule has 10 nitrogen and oxygen atoms in total. The second-order valence-corrected chi connectivity index (χ2v) is 7.17. The third-order valence-electron chi connectivity index (χ3n) is 4.37. The zero-order chi connectivity index (χ0) is 20.5. The van der Waals surface area contributed by atoms with Crippen molar-refractivity contribution >= 4 is 51.1 Å². The summed E-state index contributed by atoms with van der Waals surface area (Å²) in [5.74, 6) is -0.592. The molecule has 2 aromatic carbocycles. The number of aromatic nitrogens is 2. The van der Waals surface area contributed by atoms with Gasteiger partial charge in [0.15, 0.2) is 5.69 Å². The average Bonchev–Trinajstić information content (AvgIpc) is 3.27. The molecule has 1 aliphatic rings. The predicted octanol–water partition coefficient (Wildman–Crippen LogP) is 2.92. The van der Waals surface area contributed by atoms with E-state index in [1.807, 2.05) is 0 Å². The highest BCUT2D eigenvalue weighted by Crippen LogP contribution is 2.24. The summed E-state index contributed by atoms with van der Waals surface area (Å²) in [7, 11) is 0. The van der Waals surface area contributed by atoms with Gasteiger partial charge in [-0.2, -0.15) is 5.10 Å². The number of hydrogen-bond donors (Lipinski definition) is 2. The van der Waals surface area contributed by atoms with Gasteiger partial charge in [0.2, 0.25) is 5.91 Å². The number of H-pyrrole nitrogens is 1. The Morgan fingerprint density at radius 3 is 2.66 bits per heavy atom. The fourth-order valence-electron chi connectivity index (χ4n) is 2.89. The third kappa shape index (κ3) is 3.67. The van der Waals surface area contributed by atoms with Crippen LogP contribution in [-0.4, -0.2) is 42.8 Å². The maximum Gasteiger partial charge on any atom is 0.289 e. The molecule has 0 spiro atoms.